The van der Waals surface area contributed by atoms with Gasteiger partial charge in [0.2, 0.25) is 0 Å². The van der Waals surface area contributed by atoms with Gasteiger partial charge < -0.3 is 25.4 Å². The van der Waals surface area contributed by atoms with Crippen molar-refractivity contribution in [1.29, 1.82) is 0 Å². The van der Waals surface area contributed by atoms with Crippen molar-refractivity contribution in [1.82, 2.24) is 29.8 Å². The normalized spacial score (nSPS) is 21.6. The minimum atomic E-state index is -4.46. The first-order valence-electron chi connectivity index (χ1n) is 13.1. The van der Waals surface area contributed by atoms with E-state index >= 15 is 0 Å². The molecule has 214 valence electrons. The molecule has 3 aromatic rings. The van der Waals surface area contributed by atoms with Gasteiger partial charge in [-0.05, 0) is 49.9 Å². The average molecular weight is 578 g/mol. The summed E-state index contributed by atoms with van der Waals surface area (Å²) in [4.78, 5) is 17.0. The Balaban J connectivity index is 1.41. The highest BCUT2D eigenvalue weighted by Crippen LogP contribution is 2.38. The lowest BCUT2D eigenvalue weighted by Gasteiger charge is -2.33. The predicted octanol–water partition coefficient (Wildman–Crippen LogP) is 2.75. The van der Waals surface area contributed by atoms with Crippen molar-refractivity contribution >= 4 is 29.0 Å². The summed E-state index contributed by atoms with van der Waals surface area (Å²) in [6, 6.07) is 3.17. The van der Waals surface area contributed by atoms with Gasteiger partial charge >= 0.3 is 5.51 Å². The van der Waals surface area contributed by atoms with Crippen molar-refractivity contribution in [2.75, 3.05) is 51.4 Å². The van der Waals surface area contributed by atoms with Crippen LogP contribution in [0.1, 0.15) is 28.9 Å². The van der Waals surface area contributed by atoms with Crippen molar-refractivity contribution in [2.45, 2.75) is 36.0 Å². The fraction of sp³-hybridized carbons (Fsp3) is 0.500. The summed E-state index contributed by atoms with van der Waals surface area (Å²) in [5.74, 6) is 5.61. The van der Waals surface area contributed by atoms with Crippen LogP contribution in [-0.2, 0) is 16.0 Å². The monoisotopic (exact) mass is 577 g/mol. The highest BCUT2D eigenvalue weighted by Gasteiger charge is 2.31. The highest BCUT2D eigenvalue weighted by atomic mass is 32.2. The number of piperidine rings is 1. The number of hydrogen-bond donors (Lipinski definition) is 3. The Labute approximate surface area is 233 Å². The number of carbonyl (C=O) groups is 1. The number of hydrogen-bond acceptors (Lipinski definition) is 8. The second-order valence-electron chi connectivity index (χ2n) is 9.45. The molecule has 1 saturated heterocycles. The van der Waals surface area contributed by atoms with E-state index in [2.05, 4.69) is 37.9 Å². The summed E-state index contributed by atoms with van der Waals surface area (Å²) in [6.07, 6.45) is 6.24. The summed E-state index contributed by atoms with van der Waals surface area (Å²) in [6.45, 7) is 4.07. The molecular weight excluding hydrogens is 547 g/mol. The quantitative estimate of drug-likeness (QED) is 0.300. The average Bonchev–Trinajstić information content (AvgIpc) is 3.57. The Morgan fingerprint density at radius 2 is 1.95 bits per heavy atom. The van der Waals surface area contributed by atoms with E-state index in [9.17, 15) is 18.0 Å². The van der Waals surface area contributed by atoms with E-state index in [1.165, 1.54) is 22.9 Å². The van der Waals surface area contributed by atoms with Gasteiger partial charge in [-0.15, -0.1) is 0 Å². The first-order valence-corrected chi connectivity index (χ1v) is 13.9. The molecule has 2 aliphatic rings. The Morgan fingerprint density at radius 3 is 2.80 bits per heavy atom. The molecule has 3 aromatic heterocycles. The number of imidazole rings is 1. The number of thioether (sulfide) groups is 1. The third-order valence-corrected chi connectivity index (χ3v) is 7.44. The number of halogens is 3. The zero-order valence-electron chi connectivity index (χ0n) is 21.7. The lowest BCUT2D eigenvalue weighted by atomic mass is 9.90. The Hall–Kier alpha value is -3.25. The van der Waals surface area contributed by atoms with Crippen LogP contribution in [0, 0.1) is 17.8 Å². The van der Waals surface area contributed by atoms with Gasteiger partial charge in [0.05, 0.1) is 55.4 Å². The molecule has 40 heavy (non-hydrogen) atoms. The summed E-state index contributed by atoms with van der Waals surface area (Å²) in [5, 5.41) is 13.8. The van der Waals surface area contributed by atoms with Gasteiger partial charge in [0, 0.05) is 36.8 Å². The number of anilines is 1. The van der Waals surface area contributed by atoms with Crippen LogP contribution in [0.4, 0.5) is 18.9 Å². The van der Waals surface area contributed by atoms with Gasteiger partial charge in [0.1, 0.15) is 5.69 Å². The summed E-state index contributed by atoms with van der Waals surface area (Å²) in [5.41, 5.74) is -2.78. The molecule has 5 heterocycles. The van der Waals surface area contributed by atoms with Gasteiger partial charge in [-0.25, -0.2) is 4.98 Å². The van der Waals surface area contributed by atoms with Crippen LogP contribution in [0.5, 0.6) is 0 Å². The van der Waals surface area contributed by atoms with Crippen LogP contribution in [-0.4, -0.2) is 82.7 Å². The molecule has 2 aliphatic heterocycles. The Morgan fingerprint density at radius 1 is 1.10 bits per heavy atom. The first kappa shape index (κ1) is 28.3. The zero-order chi connectivity index (χ0) is 28.0. The summed E-state index contributed by atoms with van der Waals surface area (Å²) in [7, 11) is 0. The van der Waals surface area contributed by atoms with Crippen LogP contribution in [0.2, 0.25) is 0 Å². The van der Waals surface area contributed by atoms with E-state index in [4.69, 9.17) is 9.47 Å². The number of nitrogens with zero attached hydrogens (tertiary/aromatic N) is 4. The van der Waals surface area contributed by atoms with E-state index < -0.39 is 5.51 Å². The SMILES string of the molecule is O=C1NCC#Cc2cn3c(SC(F)(F)F)ccc(c3n2)NC2CCNCC2CCOCCOCCn2cc1cn2. The molecule has 4 bridgehead atoms. The number of alkyl halides is 3. The second-order valence-corrected chi connectivity index (χ2v) is 10.5. The van der Waals surface area contributed by atoms with Gasteiger partial charge in [0.15, 0.2) is 5.65 Å². The molecule has 1 amide bonds. The molecule has 5 rings (SSSR count). The van der Waals surface area contributed by atoms with Crippen molar-refractivity contribution in [3.8, 4) is 11.8 Å². The topological polar surface area (TPSA) is 107 Å². The number of nitrogens with one attached hydrogen (secondary N) is 3. The molecule has 2 atom stereocenters. The van der Waals surface area contributed by atoms with Gasteiger partial charge in [0.25, 0.3) is 5.91 Å². The number of rotatable bonds is 1. The molecule has 0 aliphatic carbocycles. The van der Waals surface area contributed by atoms with Gasteiger partial charge in [-0.2, -0.15) is 18.3 Å². The molecule has 3 N–H and O–H groups in total. The molecular formula is C26H30F3N7O3S. The fourth-order valence-electron chi connectivity index (χ4n) is 4.72. The third kappa shape index (κ3) is 7.48. The molecule has 2 unspecified atom stereocenters. The second kappa shape index (κ2) is 12.9. The molecule has 10 nitrogen and oxygen atoms in total. The first-order chi connectivity index (χ1) is 19.4. The van der Waals surface area contributed by atoms with E-state index in [1.807, 2.05) is 0 Å². The maximum atomic E-state index is 13.3. The zero-order valence-corrected chi connectivity index (χ0v) is 22.5. The standard InChI is InChI=1S/C26H30F3N7O3S/c27-26(28,29)40-23-4-3-22-24-33-20(17-36(23)24)2-1-7-31-25(37)19-15-32-35(16-19)9-11-39-13-12-38-10-6-18-14-30-8-5-21(18)34-22/h3-4,15-18,21,30,34H,5-14H2,(H,31,37). The minimum Gasteiger partial charge on any atom is -0.379 e. The fourth-order valence-corrected chi connectivity index (χ4v) is 5.33. The number of amides is 1. The number of ether oxygens (including phenoxy) is 2. The molecule has 0 radical (unpaired) electrons. The number of aromatic nitrogens is 4. The van der Waals surface area contributed by atoms with Gasteiger partial charge in [-0.1, -0.05) is 5.92 Å². The summed E-state index contributed by atoms with van der Waals surface area (Å²) >= 11 is -0.202. The van der Waals surface area contributed by atoms with E-state index in [-0.39, 0.29) is 41.2 Å². The third-order valence-electron chi connectivity index (χ3n) is 6.66. The molecule has 0 saturated carbocycles. The van der Waals surface area contributed by atoms with Crippen molar-refractivity contribution in [2.24, 2.45) is 5.92 Å². The van der Waals surface area contributed by atoms with Crippen molar-refractivity contribution < 1.29 is 27.4 Å². The molecule has 0 aromatic carbocycles. The smallest absolute Gasteiger partial charge is 0.379 e. The maximum Gasteiger partial charge on any atom is 0.447 e. The van der Waals surface area contributed by atoms with Crippen LogP contribution < -0.4 is 16.0 Å². The van der Waals surface area contributed by atoms with E-state index in [1.54, 1.807) is 16.9 Å². The Kier molecular flexibility index (Phi) is 9.15. The Bertz CT molecular complexity index is 1380. The number of pyridine rings is 1. The lowest BCUT2D eigenvalue weighted by molar-refractivity contribution is -0.0329. The number of carbonyl (C=O) groups excluding carboxylic acids is 1. The molecule has 14 heteroatoms. The van der Waals surface area contributed by atoms with Crippen LogP contribution in [0.3, 0.4) is 0 Å². The minimum absolute atomic E-state index is 0.0159. The van der Waals surface area contributed by atoms with Crippen molar-refractivity contribution in [3.63, 3.8) is 0 Å². The number of fused-ring (bicyclic) bond motifs is 4. The van der Waals surface area contributed by atoms with Crippen LogP contribution in [0.25, 0.3) is 5.65 Å². The predicted molar refractivity (Wildman–Crippen MR) is 143 cm³/mol. The molecule has 1 fully saturated rings. The lowest BCUT2D eigenvalue weighted by Crippen LogP contribution is -2.44. The van der Waals surface area contributed by atoms with Gasteiger partial charge in [-0.3, -0.25) is 13.9 Å². The van der Waals surface area contributed by atoms with Crippen LogP contribution >= 0.6 is 11.8 Å². The van der Waals surface area contributed by atoms with E-state index in [0.29, 0.717) is 55.6 Å². The highest BCUT2D eigenvalue weighted by molar-refractivity contribution is 8.00. The van der Waals surface area contributed by atoms with Crippen molar-refractivity contribution in [3.05, 3.63) is 42.0 Å². The maximum absolute atomic E-state index is 13.3. The summed E-state index contributed by atoms with van der Waals surface area (Å²) < 4.78 is 54.3. The van der Waals surface area contributed by atoms with E-state index in [0.717, 1.165) is 25.9 Å². The largest absolute Gasteiger partial charge is 0.447 e. The van der Waals surface area contributed by atoms with Crippen LogP contribution in [0.15, 0.2) is 35.7 Å². The molecule has 0 spiro atoms.